The second-order valence-corrected chi connectivity index (χ2v) is 5.37. The quantitative estimate of drug-likeness (QED) is 0.893. The minimum Gasteiger partial charge on any atom is -0.501 e. The molecule has 0 radical (unpaired) electrons. The van der Waals surface area contributed by atoms with Crippen molar-refractivity contribution in [3.8, 4) is 0 Å². The van der Waals surface area contributed by atoms with Gasteiger partial charge in [-0.25, -0.2) is 4.39 Å². The van der Waals surface area contributed by atoms with Crippen molar-refractivity contribution in [3.05, 3.63) is 47.5 Å². The predicted octanol–water partition coefficient (Wildman–Crippen LogP) is 3.12. The fourth-order valence-electron chi connectivity index (χ4n) is 2.34. The molecule has 0 bridgehead atoms. The molecule has 3 heteroatoms. The fraction of sp³-hybridized carbons (Fsp3) is 0.467. The maximum Gasteiger partial charge on any atom is 0.123 e. The Kier molecular flexibility index (Phi) is 3.71. The zero-order valence-electron chi connectivity index (χ0n) is 10.9. The standard InChI is InChI=1S/C15H20FNO/c1-15(2,12-5-7-13(16)8-6-12)14(17)11-4-3-9-18-10-11/h5-8,10,14H,3-4,9,17H2,1-2H3. The molecule has 1 heterocycles. The van der Waals surface area contributed by atoms with Gasteiger partial charge in [0, 0.05) is 11.5 Å². The monoisotopic (exact) mass is 249 g/mol. The Morgan fingerprint density at radius 2 is 1.94 bits per heavy atom. The van der Waals surface area contributed by atoms with Crippen LogP contribution < -0.4 is 5.73 Å². The lowest BCUT2D eigenvalue weighted by Gasteiger charge is -2.34. The Labute approximate surface area is 108 Å². The molecule has 0 spiro atoms. The highest BCUT2D eigenvalue weighted by Gasteiger charge is 2.31. The van der Waals surface area contributed by atoms with Gasteiger partial charge in [0.2, 0.25) is 0 Å². The highest BCUT2D eigenvalue weighted by molar-refractivity contribution is 5.31. The summed E-state index contributed by atoms with van der Waals surface area (Å²) in [5.74, 6) is -0.219. The van der Waals surface area contributed by atoms with Crippen LogP contribution in [0.1, 0.15) is 32.3 Å². The lowest BCUT2D eigenvalue weighted by molar-refractivity contribution is 0.216. The molecule has 0 aromatic heterocycles. The SMILES string of the molecule is CC(C)(c1ccc(F)cc1)C(N)C1=COCCC1. The molecule has 1 unspecified atom stereocenters. The van der Waals surface area contributed by atoms with Gasteiger partial charge in [-0.2, -0.15) is 0 Å². The number of halogens is 1. The maximum absolute atomic E-state index is 13.0. The van der Waals surface area contributed by atoms with E-state index in [1.165, 1.54) is 12.1 Å². The summed E-state index contributed by atoms with van der Waals surface area (Å²) < 4.78 is 18.3. The van der Waals surface area contributed by atoms with Gasteiger partial charge in [0.25, 0.3) is 0 Å². The molecule has 1 aliphatic rings. The molecular formula is C15H20FNO. The van der Waals surface area contributed by atoms with Gasteiger partial charge in [0.1, 0.15) is 5.82 Å². The molecule has 0 saturated carbocycles. The molecule has 1 aromatic rings. The highest BCUT2D eigenvalue weighted by Crippen LogP contribution is 2.32. The van der Waals surface area contributed by atoms with E-state index in [-0.39, 0.29) is 17.3 Å². The number of nitrogens with two attached hydrogens (primary N) is 1. The Morgan fingerprint density at radius 1 is 1.28 bits per heavy atom. The van der Waals surface area contributed by atoms with Crippen LogP contribution in [0.15, 0.2) is 36.1 Å². The average Bonchev–Trinajstić information content (AvgIpc) is 2.39. The van der Waals surface area contributed by atoms with E-state index < -0.39 is 0 Å². The van der Waals surface area contributed by atoms with Gasteiger partial charge in [-0.1, -0.05) is 26.0 Å². The summed E-state index contributed by atoms with van der Waals surface area (Å²) in [6.07, 6.45) is 3.78. The van der Waals surface area contributed by atoms with Crippen LogP contribution in [0, 0.1) is 5.82 Å². The lowest BCUT2D eigenvalue weighted by Crippen LogP contribution is -2.43. The summed E-state index contributed by atoms with van der Waals surface area (Å²) in [5, 5.41) is 0. The Morgan fingerprint density at radius 3 is 2.50 bits per heavy atom. The van der Waals surface area contributed by atoms with E-state index >= 15 is 0 Å². The highest BCUT2D eigenvalue weighted by atomic mass is 19.1. The van der Waals surface area contributed by atoms with Crippen molar-refractivity contribution < 1.29 is 9.13 Å². The molecule has 2 nitrogen and oxygen atoms in total. The third-order valence-corrected chi connectivity index (χ3v) is 3.73. The summed E-state index contributed by atoms with van der Waals surface area (Å²) in [5.41, 5.74) is 8.30. The molecule has 0 saturated heterocycles. The van der Waals surface area contributed by atoms with Gasteiger partial charge in [-0.3, -0.25) is 0 Å². The molecule has 1 aromatic carbocycles. The second-order valence-electron chi connectivity index (χ2n) is 5.37. The molecule has 0 fully saturated rings. The molecule has 2 N–H and O–H groups in total. The van der Waals surface area contributed by atoms with Crippen molar-refractivity contribution in [3.63, 3.8) is 0 Å². The van der Waals surface area contributed by atoms with E-state index in [0.29, 0.717) is 0 Å². The summed E-state index contributed by atoms with van der Waals surface area (Å²) in [6.45, 7) is 4.94. The first-order chi connectivity index (χ1) is 8.51. The first-order valence-electron chi connectivity index (χ1n) is 6.34. The van der Waals surface area contributed by atoms with Crippen LogP contribution >= 0.6 is 0 Å². The summed E-state index contributed by atoms with van der Waals surface area (Å²) >= 11 is 0. The lowest BCUT2D eigenvalue weighted by atomic mass is 9.74. The Hall–Kier alpha value is -1.35. The first-order valence-corrected chi connectivity index (χ1v) is 6.34. The van der Waals surface area contributed by atoms with Crippen LogP contribution in [0.4, 0.5) is 4.39 Å². The van der Waals surface area contributed by atoms with Crippen molar-refractivity contribution in [1.82, 2.24) is 0 Å². The maximum atomic E-state index is 13.0. The van der Waals surface area contributed by atoms with E-state index in [1.54, 1.807) is 18.4 Å². The van der Waals surface area contributed by atoms with Gasteiger partial charge < -0.3 is 10.5 Å². The van der Waals surface area contributed by atoms with Crippen molar-refractivity contribution in [2.24, 2.45) is 5.73 Å². The molecule has 98 valence electrons. The zero-order chi connectivity index (χ0) is 13.2. The molecule has 2 rings (SSSR count). The first kappa shape index (κ1) is 13.1. The largest absolute Gasteiger partial charge is 0.501 e. The normalized spacial score (nSPS) is 17.9. The third-order valence-electron chi connectivity index (χ3n) is 3.73. The second kappa shape index (κ2) is 5.11. The summed E-state index contributed by atoms with van der Waals surface area (Å²) in [4.78, 5) is 0. The van der Waals surface area contributed by atoms with E-state index in [4.69, 9.17) is 10.5 Å². The van der Waals surface area contributed by atoms with Gasteiger partial charge >= 0.3 is 0 Å². The molecule has 1 aliphatic heterocycles. The third kappa shape index (κ3) is 2.56. The van der Waals surface area contributed by atoms with E-state index in [9.17, 15) is 4.39 Å². The van der Waals surface area contributed by atoms with Gasteiger partial charge in [-0.05, 0) is 36.1 Å². The van der Waals surface area contributed by atoms with Crippen LogP contribution in [0.25, 0.3) is 0 Å². The van der Waals surface area contributed by atoms with E-state index in [1.807, 2.05) is 0 Å². The van der Waals surface area contributed by atoms with Crippen LogP contribution in [-0.4, -0.2) is 12.6 Å². The molecule has 0 amide bonds. The number of rotatable bonds is 3. The van der Waals surface area contributed by atoms with Crippen molar-refractivity contribution in [2.45, 2.75) is 38.1 Å². The predicted molar refractivity (Wildman–Crippen MR) is 70.7 cm³/mol. The zero-order valence-corrected chi connectivity index (χ0v) is 10.9. The van der Waals surface area contributed by atoms with Crippen molar-refractivity contribution in [2.75, 3.05) is 6.61 Å². The number of ether oxygens (including phenoxy) is 1. The van der Waals surface area contributed by atoms with Crippen molar-refractivity contribution in [1.29, 1.82) is 0 Å². The molecule has 18 heavy (non-hydrogen) atoms. The topological polar surface area (TPSA) is 35.2 Å². The minimum absolute atomic E-state index is 0.108. The van der Waals surface area contributed by atoms with E-state index in [0.717, 1.165) is 30.6 Å². The summed E-state index contributed by atoms with van der Waals surface area (Å²) in [6, 6.07) is 6.47. The number of benzene rings is 1. The molecule has 0 aliphatic carbocycles. The van der Waals surface area contributed by atoms with Crippen LogP contribution in [-0.2, 0) is 10.2 Å². The Balaban J connectivity index is 2.24. The number of hydrogen-bond donors (Lipinski definition) is 1. The average molecular weight is 249 g/mol. The molecule has 1 atom stereocenters. The minimum atomic E-state index is -0.236. The fourth-order valence-corrected chi connectivity index (χ4v) is 2.34. The van der Waals surface area contributed by atoms with Crippen molar-refractivity contribution >= 4 is 0 Å². The smallest absolute Gasteiger partial charge is 0.123 e. The number of hydrogen-bond acceptors (Lipinski definition) is 2. The summed E-state index contributed by atoms with van der Waals surface area (Å²) in [7, 11) is 0. The van der Waals surface area contributed by atoms with Gasteiger partial charge in [-0.15, -0.1) is 0 Å². The van der Waals surface area contributed by atoms with Crippen LogP contribution in [0.3, 0.4) is 0 Å². The van der Waals surface area contributed by atoms with Gasteiger partial charge in [0.15, 0.2) is 0 Å². The van der Waals surface area contributed by atoms with Crippen LogP contribution in [0.5, 0.6) is 0 Å². The van der Waals surface area contributed by atoms with Crippen LogP contribution in [0.2, 0.25) is 0 Å². The van der Waals surface area contributed by atoms with E-state index in [2.05, 4.69) is 13.8 Å². The molecular weight excluding hydrogens is 229 g/mol. The van der Waals surface area contributed by atoms with Gasteiger partial charge in [0.05, 0.1) is 12.9 Å². The Bertz CT molecular complexity index is 436.